The van der Waals surface area contributed by atoms with Gasteiger partial charge in [-0.15, -0.1) is 0 Å². The summed E-state index contributed by atoms with van der Waals surface area (Å²) in [7, 11) is 0. The molecule has 1 aromatic heterocycles. The van der Waals surface area contributed by atoms with Gasteiger partial charge in [0.15, 0.2) is 0 Å². The van der Waals surface area contributed by atoms with Gasteiger partial charge in [0.25, 0.3) is 0 Å². The monoisotopic (exact) mass is 181 g/mol. The first-order chi connectivity index (χ1) is 6.20. The number of carboxylic acids is 1. The van der Waals surface area contributed by atoms with Crippen LogP contribution in [0.4, 0.5) is 5.82 Å². The van der Waals surface area contributed by atoms with Gasteiger partial charge in [-0.3, -0.25) is 4.79 Å². The maximum absolute atomic E-state index is 10.3. The number of hydrogen-bond donors (Lipinski definition) is 3. The fraction of sp³-hybridized carbons (Fsp3) is 0.250. The van der Waals surface area contributed by atoms with Crippen molar-refractivity contribution in [2.45, 2.75) is 6.04 Å². The Morgan fingerprint density at radius 1 is 1.69 bits per heavy atom. The van der Waals surface area contributed by atoms with Crippen LogP contribution >= 0.6 is 0 Å². The number of rotatable bonds is 4. The summed E-state index contributed by atoms with van der Waals surface area (Å²) in [6.07, 6.45) is 1.62. The number of aliphatic carboxylic acids is 1. The fourth-order valence-corrected chi connectivity index (χ4v) is 0.769. The third kappa shape index (κ3) is 3.08. The molecule has 0 fully saturated rings. The second kappa shape index (κ2) is 4.42. The van der Waals surface area contributed by atoms with Gasteiger partial charge < -0.3 is 16.2 Å². The normalized spacial score (nSPS) is 12.1. The Labute approximate surface area is 75.6 Å². The van der Waals surface area contributed by atoms with Gasteiger partial charge >= 0.3 is 5.97 Å². The van der Waals surface area contributed by atoms with E-state index < -0.39 is 12.0 Å². The number of anilines is 1. The molecule has 1 atom stereocenters. The summed E-state index contributed by atoms with van der Waals surface area (Å²) < 4.78 is 0. The van der Waals surface area contributed by atoms with E-state index in [9.17, 15) is 4.79 Å². The van der Waals surface area contributed by atoms with Crippen LogP contribution in [0.15, 0.2) is 24.4 Å². The van der Waals surface area contributed by atoms with Crippen LogP contribution in [0.3, 0.4) is 0 Å². The van der Waals surface area contributed by atoms with Crippen LogP contribution in [0.1, 0.15) is 0 Å². The molecule has 13 heavy (non-hydrogen) atoms. The van der Waals surface area contributed by atoms with Crippen molar-refractivity contribution >= 4 is 11.8 Å². The minimum atomic E-state index is -1.02. The molecule has 70 valence electrons. The van der Waals surface area contributed by atoms with Crippen molar-refractivity contribution in [3.8, 4) is 0 Å². The zero-order valence-corrected chi connectivity index (χ0v) is 6.97. The first kappa shape index (κ1) is 9.47. The maximum atomic E-state index is 10.3. The quantitative estimate of drug-likeness (QED) is 0.604. The molecule has 0 saturated carbocycles. The lowest BCUT2D eigenvalue weighted by Gasteiger charge is -2.07. The summed E-state index contributed by atoms with van der Waals surface area (Å²) in [4.78, 5) is 14.3. The number of nitrogens with zero attached hydrogens (tertiary/aromatic N) is 1. The lowest BCUT2D eigenvalue weighted by Crippen LogP contribution is -2.37. The highest BCUT2D eigenvalue weighted by atomic mass is 16.4. The van der Waals surface area contributed by atoms with Gasteiger partial charge in [0, 0.05) is 12.7 Å². The molecule has 0 spiro atoms. The van der Waals surface area contributed by atoms with Crippen LogP contribution in [-0.4, -0.2) is 28.6 Å². The predicted octanol–water partition coefficient (Wildman–Crippen LogP) is -0.0946. The van der Waals surface area contributed by atoms with Crippen molar-refractivity contribution in [1.82, 2.24) is 4.98 Å². The van der Waals surface area contributed by atoms with Gasteiger partial charge in [-0.1, -0.05) is 6.07 Å². The second-order valence-electron chi connectivity index (χ2n) is 2.54. The predicted molar refractivity (Wildman–Crippen MR) is 48.3 cm³/mol. The molecule has 1 aromatic rings. The first-order valence-corrected chi connectivity index (χ1v) is 3.83. The molecule has 0 aliphatic carbocycles. The molecular weight excluding hydrogens is 170 g/mol. The standard InChI is InChI=1S/C8H11N3O2/c9-6(8(12)13)5-11-7-3-1-2-4-10-7/h1-4,6H,5,9H2,(H,10,11)(H,12,13)/t6-/m0/s1. The SMILES string of the molecule is N[C@@H](CNc1ccccn1)C(=O)O. The molecule has 1 rings (SSSR count). The average molecular weight is 181 g/mol. The largest absolute Gasteiger partial charge is 0.480 e. The highest BCUT2D eigenvalue weighted by Crippen LogP contribution is 1.98. The Kier molecular flexibility index (Phi) is 3.22. The number of aromatic nitrogens is 1. The number of carbonyl (C=O) groups is 1. The minimum Gasteiger partial charge on any atom is -0.480 e. The van der Waals surface area contributed by atoms with Gasteiger partial charge in [-0.2, -0.15) is 0 Å². The molecule has 0 aliphatic rings. The third-order valence-electron chi connectivity index (χ3n) is 1.49. The first-order valence-electron chi connectivity index (χ1n) is 3.83. The zero-order chi connectivity index (χ0) is 9.68. The number of carboxylic acid groups (broad SMARTS) is 1. The van der Waals surface area contributed by atoms with Crippen molar-refractivity contribution < 1.29 is 9.90 Å². The Bertz CT molecular complexity index is 276. The second-order valence-corrected chi connectivity index (χ2v) is 2.54. The van der Waals surface area contributed by atoms with Crippen LogP contribution < -0.4 is 11.1 Å². The van der Waals surface area contributed by atoms with Crippen LogP contribution in [0.5, 0.6) is 0 Å². The van der Waals surface area contributed by atoms with Crippen molar-refractivity contribution in [2.24, 2.45) is 5.73 Å². The van der Waals surface area contributed by atoms with E-state index in [0.717, 1.165) is 0 Å². The van der Waals surface area contributed by atoms with Gasteiger partial charge in [0.05, 0.1) is 0 Å². The molecule has 0 radical (unpaired) electrons. The van der Waals surface area contributed by atoms with E-state index in [1.807, 2.05) is 6.07 Å². The highest BCUT2D eigenvalue weighted by molar-refractivity contribution is 5.73. The van der Waals surface area contributed by atoms with E-state index in [0.29, 0.717) is 5.82 Å². The number of nitrogens with one attached hydrogen (secondary N) is 1. The summed E-state index contributed by atoms with van der Waals surface area (Å²) in [5, 5.41) is 11.3. The Morgan fingerprint density at radius 2 is 2.46 bits per heavy atom. The molecule has 0 amide bonds. The number of nitrogens with two attached hydrogens (primary N) is 1. The lowest BCUT2D eigenvalue weighted by molar-refractivity contribution is -0.138. The molecule has 0 unspecified atom stereocenters. The molecule has 0 aliphatic heterocycles. The van der Waals surface area contributed by atoms with Gasteiger partial charge in [0.2, 0.25) is 0 Å². The summed E-state index contributed by atoms with van der Waals surface area (Å²) in [5.41, 5.74) is 5.27. The van der Waals surface area contributed by atoms with E-state index in [2.05, 4.69) is 10.3 Å². The molecular formula is C8H11N3O2. The van der Waals surface area contributed by atoms with E-state index >= 15 is 0 Å². The average Bonchev–Trinajstić information content (AvgIpc) is 2.15. The van der Waals surface area contributed by atoms with Gasteiger partial charge in [-0.25, -0.2) is 4.98 Å². The molecule has 5 nitrogen and oxygen atoms in total. The summed E-state index contributed by atoms with van der Waals surface area (Å²) in [6, 6.07) is 4.43. The Morgan fingerprint density at radius 3 is 3.00 bits per heavy atom. The molecule has 1 heterocycles. The molecule has 0 aromatic carbocycles. The van der Waals surface area contributed by atoms with Crippen molar-refractivity contribution in [2.75, 3.05) is 11.9 Å². The van der Waals surface area contributed by atoms with Crippen LogP contribution in [0.25, 0.3) is 0 Å². The summed E-state index contributed by atoms with van der Waals surface area (Å²) >= 11 is 0. The van der Waals surface area contributed by atoms with Crippen molar-refractivity contribution in [1.29, 1.82) is 0 Å². The maximum Gasteiger partial charge on any atom is 0.322 e. The van der Waals surface area contributed by atoms with Crippen molar-refractivity contribution in [3.63, 3.8) is 0 Å². The molecule has 4 N–H and O–H groups in total. The summed E-state index contributed by atoms with van der Waals surface area (Å²) in [6.45, 7) is 0.173. The smallest absolute Gasteiger partial charge is 0.322 e. The topological polar surface area (TPSA) is 88.2 Å². The molecule has 5 heteroatoms. The van der Waals surface area contributed by atoms with Crippen molar-refractivity contribution in [3.05, 3.63) is 24.4 Å². The number of pyridine rings is 1. The van der Waals surface area contributed by atoms with Crippen LogP contribution in [0.2, 0.25) is 0 Å². The fourth-order valence-electron chi connectivity index (χ4n) is 0.769. The minimum absolute atomic E-state index is 0.173. The van der Waals surface area contributed by atoms with E-state index in [1.54, 1.807) is 18.3 Å². The van der Waals surface area contributed by atoms with Crippen LogP contribution in [-0.2, 0) is 4.79 Å². The lowest BCUT2D eigenvalue weighted by atomic mass is 10.3. The summed E-state index contributed by atoms with van der Waals surface area (Å²) in [5.74, 6) is -0.400. The van der Waals surface area contributed by atoms with Gasteiger partial charge in [-0.05, 0) is 12.1 Å². The number of hydrogen-bond acceptors (Lipinski definition) is 4. The Hall–Kier alpha value is -1.62. The third-order valence-corrected chi connectivity index (χ3v) is 1.49. The van der Waals surface area contributed by atoms with Gasteiger partial charge in [0.1, 0.15) is 11.9 Å². The van der Waals surface area contributed by atoms with Crippen LogP contribution in [0, 0.1) is 0 Å². The van der Waals surface area contributed by atoms with E-state index in [4.69, 9.17) is 10.8 Å². The van der Waals surface area contributed by atoms with E-state index in [-0.39, 0.29) is 6.54 Å². The van der Waals surface area contributed by atoms with E-state index in [1.165, 1.54) is 0 Å². The molecule has 0 bridgehead atoms. The zero-order valence-electron chi connectivity index (χ0n) is 6.97. The molecule has 0 saturated heterocycles. The Balaban J connectivity index is 2.39. The highest BCUT2D eigenvalue weighted by Gasteiger charge is 2.10.